The van der Waals surface area contributed by atoms with Gasteiger partial charge in [-0.2, -0.15) is 0 Å². The zero-order valence-electron chi connectivity index (χ0n) is 14.6. The van der Waals surface area contributed by atoms with Crippen LogP contribution in [0.1, 0.15) is 37.5 Å². The summed E-state index contributed by atoms with van der Waals surface area (Å²) in [5, 5.41) is 0. The van der Waals surface area contributed by atoms with Gasteiger partial charge in [-0.05, 0) is 35.2 Å². The first-order valence-electron chi connectivity index (χ1n) is 7.98. The van der Waals surface area contributed by atoms with Gasteiger partial charge in [-0.25, -0.2) is 4.39 Å². The lowest BCUT2D eigenvalue weighted by Gasteiger charge is -2.21. The molecule has 122 valence electrons. The molecule has 0 amide bonds. The normalized spacial score (nSPS) is 11.7. The Morgan fingerprint density at radius 2 is 1.65 bits per heavy atom. The molecule has 0 fully saturated rings. The van der Waals surface area contributed by atoms with Crippen molar-refractivity contribution in [3.8, 4) is 0 Å². The standard InChI is InChI=1S/C21H26FN/c1-16(19-8-6-7-9-20(19)22)14-23(5)15-17-10-12-18(13-11-17)21(2,3)4/h6-13H,1,14-15H2,2-5H3. The topological polar surface area (TPSA) is 3.24 Å². The molecule has 0 saturated heterocycles. The van der Waals surface area contributed by atoms with Crippen LogP contribution in [0, 0.1) is 5.82 Å². The summed E-state index contributed by atoms with van der Waals surface area (Å²) in [6.45, 7) is 12.1. The monoisotopic (exact) mass is 311 g/mol. The third kappa shape index (κ3) is 4.77. The molecule has 0 radical (unpaired) electrons. The van der Waals surface area contributed by atoms with E-state index in [0.717, 1.165) is 12.1 Å². The largest absolute Gasteiger partial charge is 0.298 e. The maximum absolute atomic E-state index is 13.8. The van der Waals surface area contributed by atoms with Crippen LogP contribution in [0.4, 0.5) is 4.39 Å². The minimum Gasteiger partial charge on any atom is -0.298 e. The molecular weight excluding hydrogens is 285 g/mol. The van der Waals surface area contributed by atoms with Gasteiger partial charge in [0.05, 0.1) is 0 Å². The van der Waals surface area contributed by atoms with Crippen molar-refractivity contribution in [1.82, 2.24) is 4.90 Å². The van der Waals surface area contributed by atoms with Crippen molar-refractivity contribution in [3.05, 3.63) is 77.6 Å². The molecule has 2 rings (SSSR count). The van der Waals surface area contributed by atoms with Gasteiger partial charge in [-0.3, -0.25) is 4.90 Å². The molecule has 0 spiro atoms. The highest BCUT2D eigenvalue weighted by atomic mass is 19.1. The molecule has 2 aromatic rings. The van der Waals surface area contributed by atoms with Crippen LogP contribution < -0.4 is 0 Å². The molecular formula is C21H26FN. The highest BCUT2D eigenvalue weighted by molar-refractivity contribution is 5.65. The molecule has 0 heterocycles. The van der Waals surface area contributed by atoms with Crippen LogP contribution in [-0.2, 0) is 12.0 Å². The maximum atomic E-state index is 13.8. The van der Waals surface area contributed by atoms with E-state index in [1.165, 1.54) is 17.2 Å². The van der Waals surface area contributed by atoms with E-state index in [0.29, 0.717) is 12.1 Å². The van der Waals surface area contributed by atoms with Crippen LogP contribution in [0.25, 0.3) is 5.57 Å². The Labute approximate surface area is 139 Å². The van der Waals surface area contributed by atoms with E-state index < -0.39 is 0 Å². The van der Waals surface area contributed by atoms with Crippen molar-refractivity contribution in [3.63, 3.8) is 0 Å². The number of benzene rings is 2. The molecule has 2 heteroatoms. The molecule has 0 aliphatic carbocycles. The van der Waals surface area contributed by atoms with E-state index in [4.69, 9.17) is 0 Å². The van der Waals surface area contributed by atoms with E-state index in [1.54, 1.807) is 12.1 Å². The lowest BCUT2D eigenvalue weighted by molar-refractivity contribution is 0.368. The van der Waals surface area contributed by atoms with Crippen LogP contribution in [0.15, 0.2) is 55.1 Å². The molecule has 0 unspecified atom stereocenters. The van der Waals surface area contributed by atoms with Gasteiger partial charge < -0.3 is 0 Å². The first kappa shape index (κ1) is 17.4. The number of hydrogen-bond acceptors (Lipinski definition) is 1. The van der Waals surface area contributed by atoms with Crippen molar-refractivity contribution < 1.29 is 4.39 Å². The fourth-order valence-corrected chi connectivity index (χ4v) is 2.64. The molecule has 0 saturated carbocycles. The SMILES string of the molecule is C=C(CN(C)Cc1ccc(C(C)(C)C)cc1)c1ccccc1F. The Morgan fingerprint density at radius 1 is 1.04 bits per heavy atom. The zero-order valence-corrected chi connectivity index (χ0v) is 14.6. The lowest BCUT2D eigenvalue weighted by Crippen LogP contribution is -2.20. The van der Waals surface area contributed by atoms with Gasteiger partial charge in [0.1, 0.15) is 5.82 Å². The fraction of sp³-hybridized carbons (Fsp3) is 0.333. The minimum atomic E-state index is -0.208. The summed E-state index contributed by atoms with van der Waals surface area (Å²) in [5.41, 5.74) is 4.16. The second-order valence-electron chi connectivity index (χ2n) is 7.20. The number of likely N-dealkylation sites (N-methyl/N-ethyl adjacent to an activating group) is 1. The van der Waals surface area contributed by atoms with E-state index in [9.17, 15) is 4.39 Å². The summed E-state index contributed by atoms with van der Waals surface area (Å²) in [7, 11) is 2.03. The maximum Gasteiger partial charge on any atom is 0.130 e. The van der Waals surface area contributed by atoms with Crippen molar-refractivity contribution in [2.75, 3.05) is 13.6 Å². The molecule has 0 aromatic heterocycles. The first-order valence-corrected chi connectivity index (χ1v) is 7.98. The molecule has 0 aliphatic heterocycles. The van der Waals surface area contributed by atoms with Crippen LogP contribution in [0.2, 0.25) is 0 Å². The van der Waals surface area contributed by atoms with Crippen LogP contribution in [0.5, 0.6) is 0 Å². The molecule has 23 heavy (non-hydrogen) atoms. The molecule has 0 atom stereocenters. The average molecular weight is 311 g/mol. The van der Waals surface area contributed by atoms with Gasteiger partial charge in [-0.1, -0.05) is 69.8 Å². The highest BCUT2D eigenvalue weighted by Crippen LogP contribution is 2.23. The van der Waals surface area contributed by atoms with E-state index in [-0.39, 0.29) is 11.2 Å². The second-order valence-corrected chi connectivity index (χ2v) is 7.20. The summed E-state index contributed by atoms with van der Waals surface area (Å²) in [4.78, 5) is 2.15. The van der Waals surface area contributed by atoms with E-state index >= 15 is 0 Å². The minimum absolute atomic E-state index is 0.170. The Balaban J connectivity index is 1.98. The summed E-state index contributed by atoms with van der Waals surface area (Å²) >= 11 is 0. The van der Waals surface area contributed by atoms with Gasteiger partial charge in [0, 0.05) is 18.7 Å². The number of nitrogens with zero attached hydrogens (tertiary/aromatic N) is 1. The highest BCUT2D eigenvalue weighted by Gasteiger charge is 2.13. The third-order valence-electron chi connectivity index (χ3n) is 3.99. The molecule has 1 nitrogen and oxygen atoms in total. The van der Waals surface area contributed by atoms with Gasteiger partial charge in [-0.15, -0.1) is 0 Å². The van der Waals surface area contributed by atoms with E-state index in [2.05, 4.69) is 56.5 Å². The summed E-state index contributed by atoms with van der Waals surface area (Å²) < 4.78 is 13.8. The first-order chi connectivity index (χ1) is 10.8. The van der Waals surface area contributed by atoms with Crippen molar-refractivity contribution in [2.45, 2.75) is 32.7 Å². The van der Waals surface area contributed by atoms with Crippen molar-refractivity contribution in [2.24, 2.45) is 0 Å². The number of rotatable bonds is 5. The summed E-state index contributed by atoms with van der Waals surface area (Å²) in [6.07, 6.45) is 0. The van der Waals surface area contributed by atoms with Crippen LogP contribution in [0.3, 0.4) is 0 Å². The average Bonchev–Trinajstić information content (AvgIpc) is 2.47. The Kier molecular flexibility index (Phi) is 5.38. The van der Waals surface area contributed by atoms with Crippen molar-refractivity contribution in [1.29, 1.82) is 0 Å². The lowest BCUT2D eigenvalue weighted by atomic mass is 9.87. The predicted molar refractivity (Wildman–Crippen MR) is 96.9 cm³/mol. The molecule has 2 aromatic carbocycles. The predicted octanol–water partition coefficient (Wildman–Crippen LogP) is 5.27. The molecule has 0 bridgehead atoms. The summed E-state index contributed by atoms with van der Waals surface area (Å²) in [5.74, 6) is -0.208. The van der Waals surface area contributed by atoms with Gasteiger partial charge >= 0.3 is 0 Å². The zero-order chi connectivity index (χ0) is 17.0. The van der Waals surface area contributed by atoms with Gasteiger partial charge in [0.25, 0.3) is 0 Å². The number of halogens is 1. The van der Waals surface area contributed by atoms with E-state index in [1.807, 2.05) is 13.1 Å². The van der Waals surface area contributed by atoms with Gasteiger partial charge in [0.15, 0.2) is 0 Å². The van der Waals surface area contributed by atoms with Gasteiger partial charge in [0.2, 0.25) is 0 Å². The van der Waals surface area contributed by atoms with Crippen LogP contribution in [-0.4, -0.2) is 18.5 Å². The number of hydrogen-bond donors (Lipinski definition) is 0. The second kappa shape index (κ2) is 7.10. The van der Waals surface area contributed by atoms with Crippen LogP contribution >= 0.6 is 0 Å². The van der Waals surface area contributed by atoms with Crippen molar-refractivity contribution >= 4 is 5.57 Å². The Hall–Kier alpha value is -1.93. The quantitative estimate of drug-likeness (QED) is 0.727. The Morgan fingerprint density at radius 3 is 2.22 bits per heavy atom. The molecule has 0 N–H and O–H groups in total. The summed E-state index contributed by atoms with van der Waals surface area (Å²) in [6, 6.07) is 15.5. The smallest absolute Gasteiger partial charge is 0.130 e. The third-order valence-corrected chi connectivity index (χ3v) is 3.99. The Bertz CT molecular complexity index is 665. The molecule has 0 aliphatic rings. The fourth-order valence-electron chi connectivity index (χ4n) is 2.64.